The van der Waals surface area contributed by atoms with Crippen LogP contribution >= 0.6 is 0 Å². The van der Waals surface area contributed by atoms with Crippen LogP contribution in [-0.2, 0) is 9.59 Å². The zero-order valence-electron chi connectivity index (χ0n) is 6.10. The van der Waals surface area contributed by atoms with Crippen molar-refractivity contribution in [2.24, 2.45) is 10.4 Å². The van der Waals surface area contributed by atoms with Gasteiger partial charge in [-0.1, -0.05) is 6.08 Å². The minimum atomic E-state index is -1.87. The third-order valence-electron chi connectivity index (χ3n) is 1.69. The number of nitrogens with zero attached hydrogens (tertiary/aromatic N) is 1. The molecule has 5 heteroatoms. The normalized spacial score (nSPS) is 19.0. The average Bonchev–Trinajstić information content (AvgIpc) is 2.05. The molecular formula is C7H7NO4. The maximum atomic E-state index is 10.6. The van der Waals surface area contributed by atoms with Crippen LogP contribution in [0.15, 0.2) is 17.3 Å². The van der Waals surface area contributed by atoms with Crippen LogP contribution < -0.4 is 0 Å². The van der Waals surface area contributed by atoms with Gasteiger partial charge in [-0.2, -0.15) is 0 Å². The molecular weight excluding hydrogens is 162 g/mol. The van der Waals surface area contributed by atoms with Gasteiger partial charge in [0.1, 0.15) is 0 Å². The van der Waals surface area contributed by atoms with Gasteiger partial charge in [-0.05, 0) is 6.42 Å². The average molecular weight is 169 g/mol. The lowest BCUT2D eigenvalue weighted by molar-refractivity contribution is -0.158. The van der Waals surface area contributed by atoms with E-state index in [-0.39, 0.29) is 6.42 Å². The summed E-state index contributed by atoms with van der Waals surface area (Å²) < 4.78 is 0. The molecule has 0 radical (unpaired) electrons. The smallest absolute Gasteiger partial charge is 0.326 e. The van der Waals surface area contributed by atoms with E-state index in [4.69, 9.17) is 10.2 Å². The van der Waals surface area contributed by atoms with Crippen molar-refractivity contribution in [2.75, 3.05) is 0 Å². The third kappa shape index (κ3) is 1.09. The Labute approximate surface area is 68.0 Å². The maximum Gasteiger partial charge on any atom is 0.326 e. The van der Waals surface area contributed by atoms with Crippen LogP contribution in [0.5, 0.6) is 0 Å². The zero-order chi connectivity index (χ0) is 9.19. The van der Waals surface area contributed by atoms with Gasteiger partial charge in [-0.15, -0.1) is 0 Å². The van der Waals surface area contributed by atoms with E-state index in [1.807, 2.05) is 0 Å². The SMILES string of the molecule is O=C(O)C1(C(=O)O)C=NC=CC1. The quantitative estimate of drug-likeness (QED) is 0.575. The highest BCUT2D eigenvalue weighted by Gasteiger charge is 2.45. The Morgan fingerprint density at radius 3 is 2.17 bits per heavy atom. The molecule has 2 N–H and O–H groups in total. The van der Waals surface area contributed by atoms with Gasteiger partial charge in [0, 0.05) is 12.4 Å². The van der Waals surface area contributed by atoms with Gasteiger partial charge in [-0.25, -0.2) is 0 Å². The van der Waals surface area contributed by atoms with Gasteiger partial charge in [0.2, 0.25) is 5.41 Å². The summed E-state index contributed by atoms with van der Waals surface area (Å²) in [5.74, 6) is -2.77. The second-order valence-electron chi connectivity index (χ2n) is 2.45. The van der Waals surface area contributed by atoms with Crippen molar-refractivity contribution in [1.29, 1.82) is 0 Å². The first-order valence-electron chi connectivity index (χ1n) is 3.26. The number of rotatable bonds is 2. The van der Waals surface area contributed by atoms with Crippen molar-refractivity contribution in [2.45, 2.75) is 6.42 Å². The molecule has 0 bridgehead atoms. The number of hydrogen-bond acceptors (Lipinski definition) is 3. The number of hydrogen-bond donors (Lipinski definition) is 2. The van der Waals surface area contributed by atoms with E-state index in [0.717, 1.165) is 6.21 Å². The Kier molecular flexibility index (Phi) is 1.95. The van der Waals surface area contributed by atoms with Gasteiger partial charge >= 0.3 is 11.9 Å². The van der Waals surface area contributed by atoms with Gasteiger partial charge < -0.3 is 10.2 Å². The molecule has 0 saturated heterocycles. The Morgan fingerprint density at radius 1 is 1.33 bits per heavy atom. The lowest BCUT2D eigenvalue weighted by atomic mass is 9.85. The van der Waals surface area contributed by atoms with Crippen molar-refractivity contribution >= 4 is 18.2 Å². The molecule has 64 valence electrons. The van der Waals surface area contributed by atoms with E-state index in [1.54, 1.807) is 0 Å². The fraction of sp³-hybridized carbons (Fsp3) is 0.286. The van der Waals surface area contributed by atoms with Gasteiger partial charge in [0.15, 0.2) is 0 Å². The summed E-state index contributed by atoms with van der Waals surface area (Å²) in [5, 5.41) is 17.3. The number of aliphatic carboxylic acids is 2. The van der Waals surface area contributed by atoms with Gasteiger partial charge in [-0.3, -0.25) is 14.6 Å². The van der Waals surface area contributed by atoms with Crippen LogP contribution in [0.25, 0.3) is 0 Å². The van der Waals surface area contributed by atoms with Crippen LogP contribution in [0.3, 0.4) is 0 Å². The largest absolute Gasteiger partial charge is 0.480 e. The zero-order valence-corrected chi connectivity index (χ0v) is 6.10. The molecule has 12 heavy (non-hydrogen) atoms. The highest BCUT2D eigenvalue weighted by atomic mass is 16.4. The molecule has 0 aromatic carbocycles. The Bertz CT molecular complexity index is 265. The minimum Gasteiger partial charge on any atom is -0.480 e. The summed E-state index contributed by atoms with van der Waals surface area (Å²) in [6, 6.07) is 0. The molecule has 0 atom stereocenters. The molecule has 0 spiro atoms. The second kappa shape index (κ2) is 2.77. The first kappa shape index (κ1) is 8.45. The molecule has 1 rings (SSSR count). The maximum absolute atomic E-state index is 10.6. The lowest BCUT2D eigenvalue weighted by Gasteiger charge is -2.19. The van der Waals surface area contributed by atoms with Crippen LogP contribution in [-0.4, -0.2) is 28.4 Å². The summed E-state index contributed by atoms with van der Waals surface area (Å²) >= 11 is 0. The molecule has 0 saturated carbocycles. The van der Waals surface area contributed by atoms with Crippen molar-refractivity contribution in [1.82, 2.24) is 0 Å². The Morgan fingerprint density at radius 2 is 1.92 bits per heavy atom. The molecule has 0 fully saturated rings. The summed E-state index contributed by atoms with van der Waals surface area (Å²) in [6.45, 7) is 0. The van der Waals surface area contributed by atoms with Crippen molar-refractivity contribution in [3.05, 3.63) is 12.3 Å². The number of aliphatic imine (C=N–C) groups is 1. The van der Waals surface area contributed by atoms with E-state index in [0.29, 0.717) is 0 Å². The fourth-order valence-corrected chi connectivity index (χ4v) is 0.899. The molecule has 1 heterocycles. The van der Waals surface area contributed by atoms with E-state index in [1.165, 1.54) is 12.3 Å². The number of allylic oxidation sites excluding steroid dienone is 1. The molecule has 1 aliphatic heterocycles. The summed E-state index contributed by atoms with van der Waals surface area (Å²) in [4.78, 5) is 24.7. The number of carboxylic acids is 2. The minimum absolute atomic E-state index is 0.0544. The predicted molar refractivity (Wildman–Crippen MR) is 40.0 cm³/mol. The molecule has 0 unspecified atom stereocenters. The molecule has 0 amide bonds. The summed E-state index contributed by atoms with van der Waals surface area (Å²) in [7, 11) is 0. The standard InChI is InChI=1S/C7H7NO4/c9-5(10)7(6(11)12)2-1-3-8-4-7/h1,3-4H,2H2,(H,9,10)(H,11,12). The predicted octanol–water partition coefficient (Wildman–Crippen LogP) is 0.130. The van der Waals surface area contributed by atoms with Crippen LogP contribution in [0.1, 0.15) is 6.42 Å². The van der Waals surface area contributed by atoms with Gasteiger partial charge in [0.05, 0.1) is 0 Å². The molecule has 1 aliphatic rings. The van der Waals surface area contributed by atoms with E-state index in [2.05, 4.69) is 4.99 Å². The van der Waals surface area contributed by atoms with Crippen molar-refractivity contribution < 1.29 is 19.8 Å². The lowest BCUT2D eigenvalue weighted by Crippen LogP contribution is -2.41. The topological polar surface area (TPSA) is 87.0 Å². The van der Waals surface area contributed by atoms with Crippen LogP contribution in [0.4, 0.5) is 0 Å². The van der Waals surface area contributed by atoms with Crippen LogP contribution in [0, 0.1) is 5.41 Å². The van der Waals surface area contributed by atoms with Crippen LogP contribution in [0.2, 0.25) is 0 Å². The van der Waals surface area contributed by atoms with E-state index >= 15 is 0 Å². The first-order valence-corrected chi connectivity index (χ1v) is 3.26. The van der Waals surface area contributed by atoms with Crippen molar-refractivity contribution in [3.8, 4) is 0 Å². The van der Waals surface area contributed by atoms with Gasteiger partial charge in [0.25, 0.3) is 0 Å². The Hall–Kier alpha value is -1.65. The summed E-state index contributed by atoms with van der Waals surface area (Å²) in [6.07, 6.45) is 3.69. The highest BCUT2D eigenvalue weighted by Crippen LogP contribution is 2.23. The van der Waals surface area contributed by atoms with E-state index in [9.17, 15) is 9.59 Å². The summed E-state index contributed by atoms with van der Waals surface area (Å²) in [5.41, 5.74) is -1.87. The molecule has 0 aromatic rings. The third-order valence-corrected chi connectivity index (χ3v) is 1.69. The monoisotopic (exact) mass is 169 g/mol. The fourth-order valence-electron chi connectivity index (χ4n) is 0.899. The molecule has 5 nitrogen and oxygen atoms in total. The second-order valence-corrected chi connectivity index (χ2v) is 2.45. The highest BCUT2D eigenvalue weighted by molar-refractivity contribution is 6.13. The van der Waals surface area contributed by atoms with E-state index < -0.39 is 17.4 Å². The first-order chi connectivity index (χ1) is 5.59. The molecule has 0 aliphatic carbocycles. The Balaban J connectivity index is 3.04. The van der Waals surface area contributed by atoms with Crippen molar-refractivity contribution in [3.63, 3.8) is 0 Å². The molecule has 0 aromatic heterocycles. The number of carboxylic acid groups (broad SMARTS) is 2. The number of carbonyl (C=O) groups is 2.